The Balaban J connectivity index is 0.00000400. The molecule has 0 saturated carbocycles. The van der Waals surface area contributed by atoms with Crippen LogP contribution in [-0.4, -0.2) is 37.6 Å². The normalized spacial score (nSPS) is 11.6. The van der Waals surface area contributed by atoms with Crippen molar-refractivity contribution in [3.63, 3.8) is 0 Å². The largest absolute Gasteiger partial charge is 0.493 e. The topological polar surface area (TPSA) is 64.8 Å². The summed E-state index contributed by atoms with van der Waals surface area (Å²) in [5, 5.41) is 0. The molecule has 0 aromatic heterocycles. The van der Waals surface area contributed by atoms with Gasteiger partial charge >= 0.3 is 6.61 Å². The molecular formula is C13H19ClF2N2O3. The molecule has 0 radical (unpaired) electrons. The highest BCUT2D eigenvalue weighted by atomic mass is 35.5. The molecule has 120 valence electrons. The van der Waals surface area contributed by atoms with Gasteiger partial charge in [-0.25, -0.2) is 0 Å². The Hall–Kier alpha value is -1.60. The van der Waals surface area contributed by atoms with Crippen LogP contribution < -0.4 is 15.2 Å². The molecule has 1 aromatic carbocycles. The number of amides is 1. The number of ether oxygens (including phenoxy) is 2. The molecule has 8 heteroatoms. The van der Waals surface area contributed by atoms with E-state index < -0.39 is 12.7 Å². The summed E-state index contributed by atoms with van der Waals surface area (Å²) in [6.45, 7) is -1.12. The predicted octanol–water partition coefficient (Wildman–Crippen LogP) is 2.02. The summed E-state index contributed by atoms with van der Waals surface area (Å²) in [7, 11) is 2.95. The first-order valence-electron chi connectivity index (χ1n) is 5.97. The molecule has 1 amide bonds. The zero-order valence-electron chi connectivity index (χ0n) is 12.0. The number of benzene rings is 1. The van der Waals surface area contributed by atoms with Gasteiger partial charge in [0.05, 0.1) is 13.2 Å². The smallest absolute Gasteiger partial charge is 0.387 e. The van der Waals surface area contributed by atoms with Gasteiger partial charge in [-0.05, 0) is 24.6 Å². The van der Waals surface area contributed by atoms with Crippen LogP contribution in [0.4, 0.5) is 8.78 Å². The average molecular weight is 325 g/mol. The number of nitrogens with zero attached hydrogens (tertiary/aromatic N) is 1. The lowest BCUT2D eigenvalue weighted by atomic mass is 10.2. The summed E-state index contributed by atoms with van der Waals surface area (Å²) in [6, 6.07) is 3.98. The number of hydrogen-bond acceptors (Lipinski definition) is 4. The molecule has 0 saturated heterocycles. The third-order valence-electron chi connectivity index (χ3n) is 2.63. The Bertz CT molecular complexity index is 473. The summed E-state index contributed by atoms with van der Waals surface area (Å²) in [5.74, 6) is -0.103. The average Bonchev–Trinajstić information content (AvgIpc) is 2.37. The van der Waals surface area contributed by atoms with E-state index >= 15 is 0 Å². The molecule has 0 aliphatic rings. The van der Waals surface area contributed by atoms with E-state index in [1.54, 1.807) is 20.0 Å². The Morgan fingerprint density at radius 3 is 2.48 bits per heavy atom. The first-order valence-corrected chi connectivity index (χ1v) is 5.97. The maximum atomic E-state index is 12.3. The fourth-order valence-corrected chi connectivity index (χ4v) is 1.71. The van der Waals surface area contributed by atoms with Crippen LogP contribution >= 0.6 is 12.4 Å². The lowest BCUT2D eigenvalue weighted by Gasteiger charge is -2.20. The monoisotopic (exact) mass is 324 g/mol. The van der Waals surface area contributed by atoms with Gasteiger partial charge in [-0.1, -0.05) is 6.07 Å². The maximum Gasteiger partial charge on any atom is 0.387 e. The van der Waals surface area contributed by atoms with Crippen LogP contribution in [0.1, 0.15) is 12.5 Å². The first kappa shape index (κ1) is 19.4. The van der Waals surface area contributed by atoms with Gasteiger partial charge in [0.1, 0.15) is 0 Å². The van der Waals surface area contributed by atoms with Crippen molar-refractivity contribution in [3.8, 4) is 11.5 Å². The van der Waals surface area contributed by atoms with Gasteiger partial charge in [-0.2, -0.15) is 8.78 Å². The number of carbonyl (C=O) groups excluding carboxylic acids is 1. The molecule has 1 atom stereocenters. The quantitative estimate of drug-likeness (QED) is 0.869. The third kappa shape index (κ3) is 5.73. The molecular weight excluding hydrogens is 306 g/mol. The first-order chi connectivity index (χ1) is 9.35. The second-order valence-electron chi connectivity index (χ2n) is 4.35. The van der Waals surface area contributed by atoms with Crippen LogP contribution in [0.5, 0.6) is 11.5 Å². The lowest BCUT2D eigenvalue weighted by Crippen LogP contribution is -2.39. The van der Waals surface area contributed by atoms with Crippen LogP contribution in [0.25, 0.3) is 0 Å². The van der Waals surface area contributed by atoms with Crippen molar-refractivity contribution < 1.29 is 23.0 Å². The summed E-state index contributed by atoms with van der Waals surface area (Å²) in [6.07, 6.45) is 0. The number of methoxy groups -OCH3 is 1. The van der Waals surface area contributed by atoms with Crippen molar-refractivity contribution in [2.45, 2.75) is 26.1 Å². The minimum atomic E-state index is -2.94. The molecule has 0 fully saturated rings. The molecule has 0 aliphatic carbocycles. The molecule has 0 unspecified atom stereocenters. The number of alkyl halides is 2. The van der Waals surface area contributed by atoms with Crippen LogP contribution in [0.2, 0.25) is 0 Å². The Labute approximate surface area is 128 Å². The Morgan fingerprint density at radius 2 is 2.00 bits per heavy atom. The minimum Gasteiger partial charge on any atom is -0.493 e. The van der Waals surface area contributed by atoms with Gasteiger partial charge in [0, 0.05) is 13.6 Å². The van der Waals surface area contributed by atoms with Gasteiger partial charge in [-0.15, -0.1) is 12.4 Å². The Morgan fingerprint density at radius 1 is 1.38 bits per heavy atom. The van der Waals surface area contributed by atoms with Crippen LogP contribution in [0.3, 0.4) is 0 Å². The van der Waals surface area contributed by atoms with Crippen LogP contribution in [0.15, 0.2) is 18.2 Å². The van der Waals surface area contributed by atoms with Crippen molar-refractivity contribution in [2.75, 3.05) is 14.2 Å². The second kappa shape index (κ2) is 8.63. The van der Waals surface area contributed by atoms with Gasteiger partial charge < -0.3 is 20.1 Å². The minimum absolute atomic E-state index is 0. The van der Waals surface area contributed by atoms with Crippen molar-refractivity contribution in [3.05, 3.63) is 23.8 Å². The van der Waals surface area contributed by atoms with Gasteiger partial charge in [0.2, 0.25) is 5.91 Å². The summed E-state index contributed by atoms with van der Waals surface area (Å²) < 4.78 is 33.9. The number of halogens is 3. The Kier molecular flexibility index (Phi) is 7.98. The van der Waals surface area contributed by atoms with Crippen molar-refractivity contribution in [2.24, 2.45) is 5.73 Å². The van der Waals surface area contributed by atoms with E-state index in [9.17, 15) is 13.6 Å². The highest BCUT2D eigenvalue weighted by Crippen LogP contribution is 2.29. The number of rotatable bonds is 6. The van der Waals surface area contributed by atoms with Crippen molar-refractivity contribution in [1.29, 1.82) is 0 Å². The van der Waals surface area contributed by atoms with E-state index in [-0.39, 0.29) is 36.4 Å². The van der Waals surface area contributed by atoms with Crippen molar-refractivity contribution >= 4 is 18.3 Å². The number of nitrogens with two attached hydrogens (primary N) is 1. The third-order valence-corrected chi connectivity index (χ3v) is 2.63. The van der Waals surface area contributed by atoms with Gasteiger partial charge in [0.25, 0.3) is 0 Å². The molecule has 0 bridgehead atoms. The molecule has 21 heavy (non-hydrogen) atoms. The molecule has 0 aliphatic heterocycles. The molecule has 2 N–H and O–H groups in total. The van der Waals surface area contributed by atoms with E-state index in [0.717, 1.165) is 0 Å². The zero-order chi connectivity index (χ0) is 15.3. The predicted molar refractivity (Wildman–Crippen MR) is 77.0 cm³/mol. The highest BCUT2D eigenvalue weighted by molar-refractivity contribution is 5.85. The van der Waals surface area contributed by atoms with E-state index in [1.807, 2.05) is 0 Å². The standard InChI is InChI=1S/C13H18F2N2O3.ClH/c1-8(16)12(18)17(2)7-9-4-5-10(19-3)11(6-9)20-13(14)15;/h4-6,8,13H,7,16H2,1-3H3;1H/t8-;/m1./s1. The maximum absolute atomic E-state index is 12.3. The van der Waals surface area contributed by atoms with Crippen LogP contribution in [-0.2, 0) is 11.3 Å². The summed E-state index contributed by atoms with van der Waals surface area (Å²) in [5.41, 5.74) is 6.13. The van der Waals surface area contributed by atoms with E-state index in [0.29, 0.717) is 5.56 Å². The molecule has 0 heterocycles. The summed E-state index contributed by atoms with van der Waals surface area (Å²) >= 11 is 0. The summed E-state index contributed by atoms with van der Waals surface area (Å²) in [4.78, 5) is 13.1. The fraction of sp³-hybridized carbons (Fsp3) is 0.462. The van der Waals surface area contributed by atoms with Crippen molar-refractivity contribution in [1.82, 2.24) is 4.90 Å². The number of hydrogen-bond donors (Lipinski definition) is 1. The SMILES string of the molecule is COc1ccc(CN(C)C(=O)[C@@H](C)N)cc1OC(F)F.Cl. The van der Waals surface area contributed by atoms with E-state index in [2.05, 4.69) is 4.74 Å². The zero-order valence-corrected chi connectivity index (χ0v) is 12.8. The van der Waals surface area contributed by atoms with Gasteiger partial charge in [-0.3, -0.25) is 4.79 Å². The molecule has 5 nitrogen and oxygen atoms in total. The molecule has 0 spiro atoms. The lowest BCUT2D eigenvalue weighted by molar-refractivity contribution is -0.131. The number of carbonyl (C=O) groups is 1. The van der Waals surface area contributed by atoms with Gasteiger partial charge in [0.15, 0.2) is 11.5 Å². The molecule has 1 aromatic rings. The number of likely N-dealkylation sites (N-methyl/N-ethyl adjacent to an activating group) is 1. The van der Waals surface area contributed by atoms with E-state index in [1.165, 1.54) is 24.1 Å². The van der Waals surface area contributed by atoms with Crippen LogP contribution in [0, 0.1) is 0 Å². The molecule has 1 rings (SSSR count). The fourth-order valence-electron chi connectivity index (χ4n) is 1.71. The second-order valence-corrected chi connectivity index (χ2v) is 4.35. The highest BCUT2D eigenvalue weighted by Gasteiger charge is 2.16. The van der Waals surface area contributed by atoms with E-state index in [4.69, 9.17) is 10.5 Å².